The molecular formula is C48H80N2. The van der Waals surface area contributed by atoms with Crippen LogP contribution in [0.4, 0.5) is 0 Å². The zero-order valence-electron chi connectivity index (χ0n) is 32.8. The van der Waals surface area contributed by atoms with Gasteiger partial charge in [-0.25, -0.2) is 0 Å². The fourth-order valence-corrected chi connectivity index (χ4v) is 17.9. The predicted molar refractivity (Wildman–Crippen MR) is 209 cm³/mol. The molecule has 282 valence electrons. The number of hydrogen-bond acceptors (Lipinski definition) is 2. The highest BCUT2D eigenvalue weighted by Crippen LogP contribution is 2.63. The zero-order chi connectivity index (χ0) is 33.0. The second kappa shape index (κ2) is 15.2. The molecule has 10 rings (SSSR count). The molecule has 14 unspecified atom stereocenters. The third-order valence-electron chi connectivity index (χ3n) is 19.4. The third-order valence-corrected chi connectivity index (χ3v) is 19.4. The van der Waals surface area contributed by atoms with Gasteiger partial charge >= 0.3 is 0 Å². The van der Waals surface area contributed by atoms with Crippen LogP contribution in [-0.2, 0) is 0 Å². The summed E-state index contributed by atoms with van der Waals surface area (Å²) in [4.78, 5) is 7.00. The molecule has 0 aromatic rings. The largest absolute Gasteiger partial charge is 0.294 e. The topological polar surface area (TPSA) is 6.48 Å². The molecule has 0 saturated heterocycles. The molecule has 50 heavy (non-hydrogen) atoms. The van der Waals surface area contributed by atoms with E-state index < -0.39 is 0 Å². The van der Waals surface area contributed by atoms with Gasteiger partial charge in [0.25, 0.3) is 0 Å². The van der Waals surface area contributed by atoms with Gasteiger partial charge in [0.05, 0.1) is 0 Å². The first-order chi connectivity index (χ1) is 24.8. The molecule has 0 spiro atoms. The van der Waals surface area contributed by atoms with Crippen LogP contribution in [0, 0.1) is 59.2 Å². The zero-order valence-corrected chi connectivity index (χ0v) is 32.8. The summed E-state index contributed by atoms with van der Waals surface area (Å²) in [6.45, 7) is 0. The first-order valence-corrected chi connectivity index (χ1v) is 24.4. The second-order valence-corrected chi connectivity index (χ2v) is 21.4. The summed E-state index contributed by atoms with van der Waals surface area (Å²) in [6, 6.07) is 5.66. The highest BCUT2D eigenvalue weighted by atomic mass is 15.2. The van der Waals surface area contributed by atoms with Gasteiger partial charge in [-0.05, 0) is 136 Å². The Kier molecular flexibility index (Phi) is 10.5. The highest BCUT2D eigenvalue weighted by molar-refractivity contribution is 5.12. The molecule has 0 N–H and O–H groups in total. The normalized spacial score (nSPS) is 48.8. The van der Waals surface area contributed by atoms with E-state index in [0.29, 0.717) is 0 Å². The smallest absolute Gasteiger partial charge is 0.0135 e. The summed E-state index contributed by atoms with van der Waals surface area (Å²) in [6.07, 6.45) is 50.0. The van der Waals surface area contributed by atoms with Gasteiger partial charge < -0.3 is 0 Å². The van der Waals surface area contributed by atoms with E-state index in [9.17, 15) is 0 Å². The van der Waals surface area contributed by atoms with Crippen LogP contribution in [0.1, 0.15) is 205 Å². The van der Waals surface area contributed by atoms with Crippen molar-refractivity contribution in [2.24, 2.45) is 59.2 Å². The van der Waals surface area contributed by atoms with Crippen LogP contribution >= 0.6 is 0 Å². The van der Waals surface area contributed by atoms with Gasteiger partial charge in [-0.1, -0.05) is 128 Å². The number of fused-ring (bicyclic) bond motifs is 2. The van der Waals surface area contributed by atoms with Crippen molar-refractivity contribution >= 4 is 0 Å². The Morgan fingerprint density at radius 2 is 0.580 bits per heavy atom. The van der Waals surface area contributed by atoms with Gasteiger partial charge in [0.15, 0.2) is 0 Å². The number of hydrogen-bond donors (Lipinski definition) is 0. The Hall–Kier alpha value is -0.0800. The van der Waals surface area contributed by atoms with Crippen LogP contribution in [0.25, 0.3) is 0 Å². The van der Waals surface area contributed by atoms with Crippen molar-refractivity contribution in [1.29, 1.82) is 0 Å². The van der Waals surface area contributed by atoms with Gasteiger partial charge in [-0.2, -0.15) is 0 Å². The van der Waals surface area contributed by atoms with Crippen molar-refractivity contribution in [2.45, 2.75) is 242 Å². The van der Waals surface area contributed by atoms with Crippen LogP contribution in [0.2, 0.25) is 0 Å². The first-order valence-electron chi connectivity index (χ1n) is 24.4. The summed E-state index contributed by atoms with van der Waals surface area (Å²) in [5, 5.41) is 0. The van der Waals surface area contributed by atoms with Gasteiger partial charge in [0, 0.05) is 36.3 Å². The minimum atomic E-state index is 0.934. The molecule has 10 fully saturated rings. The van der Waals surface area contributed by atoms with Crippen LogP contribution in [0.3, 0.4) is 0 Å². The Morgan fingerprint density at radius 3 is 1.04 bits per heavy atom. The lowest BCUT2D eigenvalue weighted by atomic mass is 9.45. The molecule has 0 bridgehead atoms. The van der Waals surface area contributed by atoms with E-state index in [1.807, 2.05) is 0 Å². The highest BCUT2D eigenvalue weighted by Gasteiger charge is 2.60. The molecule has 0 aromatic heterocycles. The van der Waals surface area contributed by atoms with Crippen LogP contribution < -0.4 is 0 Å². The molecule has 0 aliphatic heterocycles. The van der Waals surface area contributed by atoms with Crippen molar-refractivity contribution in [2.75, 3.05) is 0 Å². The van der Waals surface area contributed by atoms with Crippen molar-refractivity contribution in [3.8, 4) is 0 Å². The Labute approximate surface area is 309 Å². The van der Waals surface area contributed by atoms with E-state index in [1.54, 1.807) is 167 Å². The summed E-state index contributed by atoms with van der Waals surface area (Å²) in [5.41, 5.74) is 0. The lowest BCUT2D eigenvalue weighted by Gasteiger charge is -2.66. The molecule has 14 atom stereocenters. The number of nitrogens with zero attached hydrogens (tertiary/aromatic N) is 2. The summed E-state index contributed by atoms with van der Waals surface area (Å²) >= 11 is 0. The van der Waals surface area contributed by atoms with Crippen LogP contribution in [0.15, 0.2) is 0 Å². The maximum Gasteiger partial charge on any atom is 0.0135 e. The van der Waals surface area contributed by atoms with E-state index in [-0.39, 0.29) is 0 Å². The Balaban J connectivity index is 0.983. The monoisotopic (exact) mass is 685 g/mol. The molecule has 10 saturated carbocycles. The predicted octanol–water partition coefficient (Wildman–Crippen LogP) is 12.6. The maximum atomic E-state index is 3.50. The average molecular weight is 685 g/mol. The molecule has 10 aliphatic rings. The minimum absolute atomic E-state index is 0.934. The summed E-state index contributed by atoms with van der Waals surface area (Å²) < 4.78 is 0. The molecule has 0 radical (unpaired) electrons. The minimum Gasteiger partial charge on any atom is -0.294 e. The standard InChI is InChI=1S/C48H80N2/c1-3-21-37(22-4-1)49(43-29-13-17-33-15-7-9-25-39(33)43)45-31-35-19-12-28-42-46(32-36-20-11-27-41(45)47(36)48(35)42)50(38-23-5-2-6-24-38)44-30-14-18-34-16-8-10-26-40(34)44/h33-48H,1-32H2. The second-order valence-electron chi connectivity index (χ2n) is 21.4. The van der Waals surface area contributed by atoms with E-state index in [4.69, 9.17) is 0 Å². The molecule has 10 aliphatic carbocycles. The van der Waals surface area contributed by atoms with E-state index in [2.05, 4.69) is 9.80 Å². The first kappa shape index (κ1) is 34.4. The number of rotatable bonds is 6. The summed E-state index contributed by atoms with van der Waals surface area (Å²) in [7, 11) is 0. The molecule has 0 aromatic carbocycles. The van der Waals surface area contributed by atoms with Gasteiger partial charge in [0.2, 0.25) is 0 Å². The van der Waals surface area contributed by atoms with Crippen molar-refractivity contribution < 1.29 is 0 Å². The third kappa shape index (κ3) is 6.25. The van der Waals surface area contributed by atoms with Crippen LogP contribution in [-0.4, -0.2) is 46.1 Å². The van der Waals surface area contributed by atoms with Gasteiger partial charge in [0.1, 0.15) is 0 Å². The molecular weight excluding hydrogens is 605 g/mol. The lowest BCUT2D eigenvalue weighted by molar-refractivity contribution is -0.171. The van der Waals surface area contributed by atoms with Crippen LogP contribution in [0.5, 0.6) is 0 Å². The van der Waals surface area contributed by atoms with E-state index in [1.165, 1.54) is 38.5 Å². The average Bonchev–Trinajstić information content (AvgIpc) is 3.18. The molecule has 2 nitrogen and oxygen atoms in total. The quantitative estimate of drug-likeness (QED) is 0.275. The maximum absolute atomic E-state index is 3.50. The molecule has 0 heterocycles. The van der Waals surface area contributed by atoms with Crippen molar-refractivity contribution in [1.82, 2.24) is 9.80 Å². The summed E-state index contributed by atoms with van der Waals surface area (Å²) in [5.74, 6) is 10.6. The molecule has 0 amide bonds. The molecule has 2 heteroatoms. The van der Waals surface area contributed by atoms with Gasteiger partial charge in [-0.3, -0.25) is 9.80 Å². The van der Waals surface area contributed by atoms with Crippen molar-refractivity contribution in [3.05, 3.63) is 0 Å². The SMILES string of the molecule is C1CCC(N(C2CCCC3CCCCC32)C2CC3CCCC4C3C3C(CCCC32)CC4N(C2CCCCC2)C2CCCC3CCCCC32)CC1. The fourth-order valence-electron chi connectivity index (χ4n) is 17.9. The van der Waals surface area contributed by atoms with E-state index >= 15 is 0 Å². The van der Waals surface area contributed by atoms with Gasteiger partial charge in [-0.15, -0.1) is 0 Å². The Morgan fingerprint density at radius 1 is 0.240 bits per heavy atom. The fraction of sp³-hybridized carbons (Fsp3) is 1.00. The van der Waals surface area contributed by atoms with Crippen molar-refractivity contribution in [3.63, 3.8) is 0 Å². The Bertz CT molecular complexity index is 1020. The van der Waals surface area contributed by atoms with E-state index in [0.717, 1.165) is 95.4 Å². The lowest BCUT2D eigenvalue weighted by Crippen LogP contribution is -2.67.